The third kappa shape index (κ3) is 5.12. The fourth-order valence-electron chi connectivity index (χ4n) is 2.21. The summed E-state index contributed by atoms with van der Waals surface area (Å²) in [7, 11) is -3.73. The van der Waals surface area contributed by atoms with Gasteiger partial charge in [0, 0.05) is 18.6 Å². The second-order valence-electron chi connectivity index (χ2n) is 5.23. The van der Waals surface area contributed by atoms with E-state index >= 15 is 0 Å². The topological polar surface area (TPSA) is 149 Å². The number of likely N-dealkylation sites (tertiary alicyclic amines) is 1. The van der Waals surface area contributed by atoms with Gasteiger partial charge in [0.1, 0.15) is 12.7 Å². The van der Waals surface area contributed by atoms with E-state index in [2.05, 4.69) is 5.16 Å². The van der Waals surface area contributed by atoms with E-state index in [0.29, 0.717) is 5.56 Å². The molecule has 0 spiro atoms. The summed E-state index contributed by atoms with van der Waals surface area (Å²) in [5, 5.41) is 22.5. The second-order valence-corrected chi connectivity index (χ2v) is 6.83. The molecule has 1 saturated heterocycles. The fraction of sp³-hybridized carbons (Fsp3) is 0.385. The van der Waals surface area contributed by atoms with Crippen LogP contribution < -0.4 is 0 Å². The standard InChI is InChI=1S/C13H15N3O8S/c1-25(21,22)24-11-6-12(14-18)15(7-11)13(17)23-8-9-2-4-10(5-3-9)16(19)20/h2-5,11,18H,6-8H2,1H3/t11-/m1/s1. The van der Waals surface area contributed by atoms with Crippen LogP contribution in [0.2, 0.25) is 0 Å². The average Bonchev–Trinajstić information content (AvgIpc) is 2.94. The van der Waals surface area contributed by atoms with Gasteiger partial charge < -0.3 is 9.94 Å². The number of amidine groups is 1. The number of non-ortho nitro benzene ring substituents is 1. The summed E-state index contributed by atoms with van der Waals surface area (Å²) in [6, 6.07) is 5.42. The zero-order chi connectivity index (χ0) is 18.6. The highest BCUT2D eigenvalue weighted by atomic mass is 32.2. The lowest BCUT2D eigenvalue weighted by Crippen LogP contribution is -2.34. The monoisotopic (exact) mass is 373 g/mol. The molecule has 2 rings (SSSR count). The van der Waals surface area contributed by atoms with Gasteiger partial charge in [-0.15, -0.1) is 0 Å². The lowest BCUT2D eigenvalue weighted by molar-refractivity contribution is -0.384. The minimum atomic E-state index is -3.73. The van der Waals surface area contributed by atoms with E-state index < -0.39 is 27.2 Å². The molecule has 0 bridgehead atoms. The van der Waals surface area contributed by atoms with Crippen LogP contribution >= 0.6 is 0 Å². The van der Waals surface area contributed by atoms with Crippen LogP contribution in [0, 0.1) is 10.1 Å². The van der Waals surface area contributed by atoms with E-state index in [9.17, 15) is 23.3 Å². The molecular weight excluding hydrogens is 358 g/mol. The van der Waals surface area contributed by atoms with Gasteiger partial charge in [-0.05, 0) is 17.7 Å². The number of hydrogen-bond acceptors (Lipinski definition) is 9. The summed E-state index contributed by atoms with van der Waals surface area (Å²) in [6.45, 7) is -0.310. The molecule has 1 aromatic carbocycles. The maximum absolute atomic E-state index is 12.1. The number of hydrogen-bond donors (Lipinski definition) is 1. The van der Waals surface area contributed by atoms with E-state index in [1.807, 2.05) is 0 Å². The van der Waals surface area contributed by atoms with Crippen molar-refractivity contribution in [3.05, 3.63) is 39.9 Å². The Bertz CT molecular complexity index is 790. The van der Waals surface area contributed by atoms with Crippen LogP contribution in [0.25, 0.3) is 0 Å². The van der Waals surface area contributed by atoms with Gasteiger partial charge in [-0.25, -0.2) is 4.79 Å². The first-order chi connectivity index (χ1) is 11.7. The summed E-state index contributed by atoms with van der Waals surface area (Å²) < 4.78 is 32.1. The van der Waals surface area contributed by atoms with Crippen molar-refractivity contribution < 1.29 is 32.3 Å². The molecular formula is C13H15N3O8S. The van der Waals surface area contributed by atoms with Crippen molar-refractivity contribution in [2.45, 2.75) is 19.1 Å². The number of carbonyl (C=O) groups is 1. The number of nitrogens with zero attached hydrogens (tertiary/aromatic N) is 3. The van der Waals surface area contributed by atoms with Gasteiger partial charge in [0.25, 0.3) is 15.8 Å². The molecule has 136 valence electrons. The number of nitro benzene ring substituents is 1. The number of benzene rings is 1. The van der Waals surface area contributed by atoms with Crippen LogP contribution in [0.15, 0.2) is 29.4 Å². The zero-order valence-corrected chi connectivity index (χ0v) is 13.9. The molecule has 1 aliphatic heterocycles. The Morgan fingerprint density at radius 3 is 2.60 bits per heavy atom. The summed E-state index contributed by atoms with van der Waals surface area (Å²) in [4.78, 5) is 23.1. The van der Waals surface area contributed by atoms with E-state index in [4.69, 9.17) is 14.1 Å². The first-order valence-corrected chi connectivity index (χ1v) is 8.78. The molecule has 1 atom stereocenters. The summed E-state index contributed by atoms with van der Waals surface area (Å²) in [5.74, 6) is -0.0812. The van der Waals surface area contributed by atoms with Crippen molar-refractivity contribution in [1.29, 1.82) is 0 Å². The highest BCUT2D eigenvalue weighted by Gasteiger charge is 2.36. The van der Waals surface area contributed by atoms with Crippen LogP contribution in [0.3, 0.4) is 0 Å². The van der Waals surface area contributed by atoms with Crippen molar-refractivity contribution in [2.75, 3.05) is 12.8 Å². The molecule has 1 aliphatic rings. The first-order valence-electron chi connectivity index (χ1n) is 6.96. The van der Waals surface area contributed by atoms with Crippen LogP contribution in [0.5, 0.6) is 0 Å². The number of amides is 1. The van der Waals surface area contributed by atoms with Gasteiger partial charge in [-0.2, -0.15) is 8.42 Å². The number of ether oxygens (including phenoxy) is 1. The minimum absolute atomic E-state index is 0.0732. The van der Waals surface area contributed by atoms with Crippen molar-refractivity contribution in [3.8, 4) is 0 Å². The van der Waals surface area contributed by atoms with Crippen LogP contribution in [0.4, 0.5) is 10.5 Å². The van der Waals surface area contributed by atoms with Gasteiger partial charge in [0.2, 0.25) is 0 Å². The van der Waals surface area contributed by atoms with Gasteiger partial charge >= 0.3 is 6.09 Å². The first kappa shape index (κ1) is 18.6. The smallest absolute Gasteiger partial charge is 0.415 e. The van der Waals surface area contributed by atoms with Crippen molar-refractivity contribution in [3.63, 3.8) is 0 Å². The van der Waals surface area contributed by atoms with Gasteiger partial charge in [-0.1, -0.05) is 5.16 Å². The molecule has 0 unspecified atom stereocenters. The Hall–Kier alpha value is -2.73. The third-order valence-electron chi connectivity index (χ3n) is 3.26. The number of oxime groups is 1. The van der Waals surface area contributed by atoms with E-state index in [1.54, 1.807) is 0 Å². The molecule has 1 aromatic rings. The summed E-state index contributed by atoms with van der Waals surface area (Å²) in [5.41, 5.74) is 0.426. The molecule has 25 heavy (non-hydrogen) atoms. The van der Waals surface area contributed by atoms with Crippen LogP contribution in [-0.4, -0.2) is 54.3 Å². The number of carbonyl (C=O) groups excluding carboxylic acids is 1. The molecule has 11 nitrogen and oxygen atoms in total. The van der Waals surface area contributed by atoms with E-state index in [1.165, 1.54) is 24.3 Å². The third-order valence-corrected chi connectivity index (χ3v) is 3.89. The molecule has 0 aliphatic carbocycles. The van der Waals surface area contributed by atoms with E-state index in [0.717, 1.165) is 11.2 Å². The summed E-state index contributed by atoms with van der Waals surface area (Å²) in [6.07, 6.45) is -0.923. The molecule has 1 amide bonds. The largest absolute Gasteiger partial charge is 0.444 e. The molecule has 1 heterocycles. The van der Waals surface area contributed by atoms with Gasteiger partial charge in [-0.3, -0.25) is 19.2 Å². The highest BCUT2D eigenvalue weighted by Crippen LogP contribution is 2.19. The van der Waals surface area contributed by atoms with Gasteiger partial charge in [0.15, 0.2) is 5.84 Å². The Balaban J connectivity index is 1.96. The molecule has 1 N–H and O–H groups in total. The van der Waals surface area contributed by atoms with Crippen molar-refractivity contribution >= 4 is 27.7 Å². The van der Waals surface area contributed by atoms with Crippen LogP contribution in [0.1, 0.15) is 12.0 Å². The Morgan fingerprint density at radius 2 is 2.08 bits per heavy atom. The molecule has 1 fully saturated rings. The van der Waals surface area contributed by atoms with Crippen molar-refractivity contribution in [2.24, 2.45) is 5.16 Å². The van der Waals surface area contributed by atoms with E-state index in [-0.39, 0.29) is 31.1 Å². The Kier molecular flexibility index (Phi) is 5.54. The second kappa shape index (κ2) is 7.44. The lowest BCUT2D eigenvalue weighted by Gasteiger charge is -2.16. The Morgan fingerprint density at radius 1 is 1.44 bits per heavy atom. The minimum Gasteiger partial charge on any atom is -0.444 e. The molecule has 0 aromatic heterocycles. The highest BCUT2D eigenvalue weighted by molar-refractivity contribution is 7.86. The van der Waals surface area contributed by atoms with Gasteiger partial charge in [0.05, 0.1) is 17.7 Å². The van der Waals surface area contributed by atoms with Crippen LogP contribution in [-0.2, 0) is 25.6 Å². The lowest BCUT2D eigenvalue weighted by atomic mass is 10.2. The molecule has 0 saturated carbocycles. The number of nitro groups is 1. The predicted octanol–water partition coefficient (Wildman–Crippen LogP) is 1.07. The summed E-state index contributed by atoms with van der Waals surface area (Å²) >= 11 is 0. The maximum atomic E-state index is 12.1. The SMILES string of the molecule is CS(=O)(=O)O[C@@H]1CC(=NO)N(C(=O)OCc2ccc([N+](=O)[O-])cc2)C1. The fourth-order valence-corrected chi connectivity index (χ4v) is 2.83. The molecule has 0 radical (unpaired) electrons. The van der Waals surface area contributed by atoms with Crippen molar-refractivity contribution in [1.82, 2.24) is 4.90 Å². The normalized spacial score (nSPS) is 19.2. The Labute approximate surface area is 142 Å². The predicted molar refractivity (Wildman–Crippen MR) is 83.5 cm³/mol. The molecule has 12 heteroatoms. The quantitative estimate of drug-likeness (QED) is 0.349. The zero-order valence-electron chi connectivity index (χ0n) is 13.1. The number of rotatable bonds is 5. The maximum Gasteiger partial charge on any atom is 0.415 e. The average molecular weight is 373 g/mol.